The summed E-state index contributed by atoms with van der Waals surface area (Å²) in [4.78, 5) is 34.9. The average Bonchev–Trinajstić information content (AvgIpc) is 2.88. The van der Waals surface area contributed by atoms with Gasteiger partial charge in [-0.2, -0.15) is 0 Å². The number of amides is 1. The van der Waals surface area contributed by atoms with Crippen LogP contribution in [0.3, 0.4) is 0 Å². The second-order valence-corrected chi connectivity index (χ2v) is 7.07. The van der Waals surface area contributed by atoms with E-state index < -0.39 is 10.8 Å². The molecule has 0 aromatic heterocycles. The zero-order valence-corrected chi connectivity index (χ0v) is 16.6. The number of nitrogens with one attached hydrogen (secondary N) is 1. The van der Waals surface area contributed by atoms with Crippen LogP contribution >= 0.6 is 0 Å². The van der Waals surface area contributed by atoms with Crippen LogP contribution in [0.25, 0.3) is 0 Å². The largest absolute Gasteiger partial charge is 0.456 e. The second kappa shape index (κ2) is 8.27. The Labute approximate surface area is 177 Å². The van der Waals surface area contributed by atoms with Crippen LogP contribution in [0.4, 0.5) is 11.4 Å². The molecule has 31 heavy (non-hydrogen) atoms. The lowest BCUT2D eigenvalue weighted by molar-refractivity contribution is -0.385. The number of rotatable bonds is 6. The molecule has 0 spiro atoms. The fraction of sp³-hybridized carbons (Fsp3) is 0.130. The molecular formula is C23H18N2O6. The molecule has 3 aromatic carbocycles. The van der Waals surface area contributed by atoms with Gasteiger partial charge in [-0.15, -0.1) is 0 Å². The maximum atomic E-state index is 12.9. The van der Waals surface area contributed by atoms with E-state index in [9.17, 15) is 19.7 Å². The zero-order chi connectivity index (χ0) is 22.0. The number of nitro benzene ring substituents is 1. The van der Waals surface area contributed by atoms with Gasteiger partial charge in [0, 0.05) is 6.42 Å². The summed E-state index contributed by atoms with van der Waals surface area (Å²) in [6.07, 6.45) is 1.05. The lowest BCUT2D eigenvalue weighted by atomic mass is 10.1. The molecule has 1 N–H and O–H groups in total. The van der Waals surface area contributed by atoms with Gasteiger partial charge in [0.25, 0.3) is 11.6 Å². The minimum Gasteiger partial charge on any atom is -0.456 e. The van der Waals surface area contributed by atoms with Crippen LogP contribution in [-0.4, -0.2) is 16.6 Å². The highest BCUT2D eigenvalue weighted by Gasteiger charge is 2.28. The summed E-state index contributed by atoms with van der Waals surface area (Å²) in [5.74, 6) is 0.407. The molecule has 1 aliphatic heterocycles. The van der Waals surface area contributed by atoms with Crippen LogP contribution in [0.15, 0.2) is 60.7 Å². The number of non-ortho nitro benzene ring substituents is 1. The van der Waals surface area contributed by atoms with Crippen LogP contribution in [0.5, 0.6) is 23.0 Å². The van der Waals surface area contributed by atoms with E-state index in [-0.39, 0.29) is 28.5 Å². The number of carbonyl (C=O) groups is 2. The molecule has 0 unspecified atom stereocenters. The number of ether oxygens (including phenoxy) is 2. The number of fused-ring (bicyclic) bond motifs is 2. The normalized spacial score (nSPS) is 12.0. The molecule has 4 rings (SSSR count). The molecule has 0 saturated carbocycles. The molecule has 0 radical (unpaired) electrons. The summed E-state index contributed by atoms with van der Waals surface area (Å²) in [5.41, 5.74) is 1.20. The lowest BCUT2D eigenvalue weighted by Gasteiger charge is -2.13. The molecule has 3 aromatic rings. The maximum Gasteiger partial charge on any atom is 0.276 e. The van der Waals surface area contributed by atoms with E-state index in [1.807, 2.05) is 0 Å². The van der Waals surface area contributed by atoms with Crippen molar-refractivity contribution in [2.45, 2.75) is 19.8 Å². The van der Waals surface area contributed by atoms with E-state index in [1.54, 1.807) is 48.5 Å². The summed E-state index contributed by atoms with van der Waals surface area (Å²) < 4.78 is 11.7. The fourth-order valence-corrected chi connectivity index (χ4v) is 3.20. The maximum absolute atomic E-state index is 12.9. The van der Waals surface area contributed by atoms with E-state index in [2.05, 4.69) is 5.32 Å². The number of carbonyl (C=O) groups excluding carboxylic acids is 2. The van der Waals surface area contributed by atoms with Crippen molar-refractivity contribution in [1.82, 2.24) is 0 Å². The Balaban J connectivity index is 1.70. The molecule has 156 valence electrons. The average molecular weight is 418 g/mol. The molecule has 1 aliphatic rings. The van der Waals surface area contributed by atoms with Gasteiger partial charge in [0.15, 0.2) is 17.2 Å². The first kappa shape index (κ1) is 20.1. The lowest BCUT2D eigenvalue weighted by Crippen LogP contribution is -2.12. The molecule has 0 bridgehead atoms. The van der Waals surface area contributed by atoms with Crippen molar-refractivity contribution >= 4 is 23.1 Å². The molecule has 0 aliphatic carbocycles. The Kier molecular flexibility index (Phi) is 5.36. The Morgan fingerprint density at radius 3 is 2.55 bits per heavy atom. The quantitative estimate of drug-likeness (QED) is 0.432. The van der Waals surface area contributed by atoms with Gasteiger partial charge in [-0.25, -0.2) is 0 Å². The fourth-order valence-electron chi connectivity index (χ4n) is 3.20. The molecule has 8 nitrogen and oxygen atoms in total. The number of aryl methyl sites for hydroxylation is 1. The van der Waals surface area contributed by atoms with Crippen LogP contribution < -0.4 is 14.8 Å². The van der Waals surface area contributed by atoms with Crippen LogP contribution in [0.2, 0.25) is 0 Å². The van der Waals surface area contributed by atoms with Crippen LogP contribution in [-0.2, 0) is 11.2 Å². The topological polar surface area (TPSA) is 108 Å². The number of ketones is 1. The van der Waals surface area contributed by atoms with Gasteiger partial charge in [-0.3, -0.25) is 14.9 Å². The number of Topliss-reactive ketones (excluding diaryl/α,β-unsaturated/α-hetero) is 1. The van der Waals surface area contributed by atoms with Gasteiger partial charge in [0.05, 0.1) is 22.7 Å². The van der Waals surface area contributed by atoms with Crippen LogP contribution in [0, 0.1) is 10.1 Å². The van der Waals surface area contributed by atoms with Gasteiger partial charge in [0.1, 0.15) is 17.1 Å². The Morgan fingerprint density at radius 2 is 1.84 bits per heavy atom. The van der Waals surface area contributed by atoms with Gasteiger partial charge in [0.2, 0.25) is 0 Å². The smallest absolute Gasteiger partial charge is 0.276 e. The zero-order valence-electron chi connectivity index (χ0n) is 16.6. The first-order valence-electron chi connectivity index (χ1n) is 9.57. The number of anilines is 1. The van der Waals surface area contributed by atoms with E-state index in [0.717, 1.165) is 5.56 Å². The monoisotopic (exact) mass is 418 g/mol. The molecule has 0 saturated heterocycles. The van der Waals surface area contributed by atoms with Gasteiger partial charge < -0.3 is 19.6 Å². The Morgan fingerprint density at radius 1 is 1.10 bits per heavy atom. The number of hydrogen-bond donors (Lipinski definition) is 1. The van der Waals surface area contributed by atoms with Crippen molar-refractivity contribution in [2.24, 2.45) is 0 Å². The minimum atomic E-state index is -0.573. The third kappa shape index (κ3) is 4.37. The summed E-state index contributed by atoms with van der Waals surface area (Å²) in [6.45, 7) is 1.54. The number of hydrogen-bond acceptors (Lipinski definition) is 6. The molecular weight excluding hydrogens is 400 g/mol. The first-order valence-corrected chi connectivity index (χ1v) is 9.57. The van der Waals surface area contributed by atoms with Crippen molar-refractivity contribution in [3.63, 3.8) is 0 Å². The third-order valence-electron chi connectivity index (χ3n) is 4.76. The molecule has 0 atom stereocenters. The molecule has 8 heteroatoms. The van der Waals surface area contributed by atoms with Crippen molar-refractivity contribution in [2.75, 3.05) is 5.32 Å². The van der Waals surface area contributed by atoms with Crippen molar-refractivity contribution in [3.8, 4) is 23.0 Å². The van der Waals surface area contributed by atoms with E-state index >= 15 is 0 Å². The highest BCUT2D eigenvalue weighted by Crippen LogP contribution is 2.42. The van der Waals surface area contributed by atoms with Gasteiger partial charge >= 0.3 is 0 Å². The first-order chi connectivity index (χ1) is 14.9. The predicted molar refractivity (Wildman–Crippen MR) is 113 cm³/mol. The third-order valence-corrected chi connectivity index (χ3v) is 4.76. The van der Waals surface area contributed by atoms with Crippen LogP contribution in [0.1, 0.15) is 29.3 Å². The summed E-state index contributed by atoms with van der Waals surface area (Å²) >= 11 is 0. The number of nitrogens with zero attached hydrogens (tertiary/aromatic N) is 1. The van der Waals surface area contributed by atoms with Crippen molar-refractivity contribution in [3.05, 3.63) is 81.9 Å². The summed E-state index contributed by atoms with van der Waals surface area (Å²) in [5, 5.41) is 14.2. The SMILES string of the molecule is CC(=O)CCc1ccc(Oc2cc([N+](=O)[O-])cc3c2C(=O)Nc2ccccc2O3)cc1. The molecule has 1 amide bonds. The van der Waals surface area contributed by atoms with Gasteiger partial charge in [-0.1, -0.05) is 24.3 Å². The second-order valence-electron chi connectivity index (χ2n) is 7.07. The van der Waals surface area contributed by atoms with E-state index in [1.165, 1.54) is 19.1 Å². The molecule has 1 heterocycles. The standard InChI is InChI=1S/C23H18N2O6/c1-14(26)6-7-15-8-10-17(11-9-15)30-20-12-16(25(28)29)13-21-22(20)23(27)24-18-4-2-3-5-19(18)31-21/h2-5,8-13H,6-7H2,1H3,(H,24,27). The number of benzene rings is 3. The Hall–Kier alpha value is -4.20. The highest BCUT2D eigenvalue weighted by molar-refractivity contribution is 6.10. The van der Waals surface area contributed by atoms with E-state index in [0.29, 0.717) is 30.0 Å². The molecule has 0 fully saturated rings. The van der Waals surface area contributed by atoms with Crippen molar-refractivity contribution in [1.29, 1.82) is 0 Å². The highest BCUT2D eigenvalue weighted by atomic mass is 16.6. The summed E-state index contributed by atoms with van der Waals surface area (Å²) in [7, 11) is 0. The number of nitro groups is 1. The van der Waals surface area contributed by atoms with Gasteiger partial charge in [-0.05, 0) is 43.2 Å². The van der Waals surface area contributed by atoms with Crippen molar-refractivity contribution < 1.29 is 24.0 Å². The minimum absolute atomic E-state index is 0.00555. The van der Waals surface area contributed by atoms with E-state index in [4.69, 9.17) is 9.47 Å². The number of para-hydroxylation sites is 2. The Bertz CT molecular complexity index is 1190. The predicted octanol–water partition coefficient (Wildman–Crippen LogP) is 5.27. The summed E-state index contributed by atoms with van der Waals surface area (Å²) in [6, 6.07) is 16.2.